The Morgan fingerprint density at radius 1 is 1.12 bits per heavy atom. The van der Waals surface area contributed by atoms with Crippen LogP contribution in [0.25, 0.3) is 0 Å². The molecule has 0 aliphatic rings. The Hall–Kier alpha value is -2.39. The summed E-state index contributed by atoms with van der Waals surface area (Å²) in [5.74, 6) is -0.408. The number of aryl methyl sites for hydroxylation is 2. The topological polar surface area (TPSA) is 84.3 Å². The van der Waals surface area contributed by atoms with Gasteiger partial charge in [-0.05, 0) is 37.6 Å². The summed E-state index contributed by atoms with van der Waals surface area (Å²) in [7, 11) is -3.97. The Kier molecular flexibility index (Phi) is 8.31. The van der Waals surface area contributed by atoms with Crippen molar-refractivity contribution in [2.45, 2.75) is 31.3 Å². The van der Waals surface area contributed by atoms with Crippen molar-refractivity contribution < 1.29 is 13.2 Å². The zero-order chi connectivity index (χ0) is 23.1. The van der Waals surface area contributed by atoms with Crippen LogP contribution in [-0.4, -0.2) is 41.3 Å². The van der Waals surface area contributed by atoms with Crippen LogP contribution in [0.2, 0.25) is 10.0 Å². The lowest BCUT2D eigenvalue weighted by Crippen LogP contribution is -2.40. The van der Waals surface area contributed by atoms with Gasteiger partial charge in [0.2, 0.25) is 15.9 Å². The third-order valence-electron chi connectivity index (χ3n) is 4.85. The van der Waals surface area contributed by atoms with E-state index in [4.69, 9.17) is 23.2 Å². The number of carbonyl (C=O) groups is 1. The predicted octanol–water partition coefficient (Wildman–Crippen LogP) is 3.90. The van der Waals surface area contributed by atoms with E-state index in [0.717, 1.165) is 9.87 Å². The number of aromatic nitrogens is 2. The average molecular weight is 495 g/mol. The zero-order valence-corrected chi connectivity index (χ0v) is 19.9. The molecule has 1 aromatic heterocycles. The molecule has 2 aromatic carbocycles. The first-order chi connectivity index (χ1) is 15.3. The maximum absolute atomic E-state index is 13.3. The van der Waals surface area contributed by atoms with Gasteiger partial charge in [0, 0.05) is 47.6 Å². The van der Waals surface area contributed by atoms with Crippen molar-refractivity contribution in [2.75, 3.05) is 13.1 Å². The van der Waals surface area contributed by atoms with Crippen molar-refractivity contribution >= 4 is 39.1 Å². The molecule has 170 valence electrons. The van der Waals surface area contributed by atoms with Gasteiger partial charge < -0.3 is 9.88 Å². The van der Waals surface area contributed by atoms with Gasteiger partial charge in [-0.3, -0.25) is 4.79 Å². The second-order valence-electron chi connectivity index (χ2n) is 7.29. The molecular formula is C22H24Cl2N4O3S. The number of benzene rings is 2. The van der Waals surface area contributed by atoms with Gasteiger partial charge in [0.05, 0.1) is 17.8 Å². The van der Waals surface area contributed by atoms with Crippen LogP contribution in [0.4, 0.5) is 0 Å². The van der Waals surface area contributed by atoms with E-state index < -0.39 is 15.9 Å². The van der Waals surface area contributed by atoms with E-state index >= 15 is 0 Å². The predicted molar refractivity (Wildman–Crippen MR) is 125 cm³/mol. The first kappa shape index (κ1) is 24.3. The molecule has 10 heteroatoms. The van der Waals surface area contributed by atoms with Gasteiger partial charge in [0.25, 0.3) is 0 Å². The first-order valence-corrected chi connectivity index (χ1v) is 12.2. The normalized spacial score (nSPS) is 11.6. The molecule has 3 rings (SSSR count). The highest BCUT2D eigenvalue weighted by molar-refractivity contribution is 7.89. The van der Waals surface area contributed by atoms with E-state index in [0.29, 0.717) is 35.1 Å². The van der Waals surface area contributed by atoms with Gasteiger partial charge in [0.15, 0.2) is 0 Å². The number of imidazole rings is 1. The Morgan fingerprint density at radius 3 is 2.44 bits per heavy atom. The van der Waals surface area contributed by atoms with Crippen molar-refractivity contribution in [1.82, 2.24) is 19.2 Å². The van der Waals surface area contributed by atoms with E-state index in [1.807, 2.05) is 17.7 Å². The molecule has 0 spiro atoms. The standard InChI is InChI=1S/C22H24Cl2N4O3S/c1-17-6-8-18(9-7-17)32(30,31)28(14-19-20(23)4-2-5-21(19)24)15-22(29)26-10-3-12-27-13-11-25-16-27/h2,4-9,11,13,16H,3,10,12,14-15H2,1H3,(H,26,29). The van der Waals surface area contributed by atoms with E-state index in [2.05, 4.69) is 10.3 Å². The molecule has 1 heterocycles. The van der Waals surface area contributed by atoms with Crippen LogP contribution in [0.15, 0.2) is 66.1 Å². The summed E-state index contributed by atoms with van der Waals surface area (Å²) in [6.45, 7) is 2.48. The highest BCUT2D eigenvalue weighted by Gasteiger charge is 2.28. The lowest BCUT2D eigenvalue weighted by Gasteiger charge is -2.23. The van der Waals surface area contributed by atoms with Gasteiger partial charge in [-0.15, -0.1) is 0 Å². The number of nitrogens with one attached hydrogen (secondary N) is 1. The molecule has 0 saturated carbocycles. The quantitative estimate of drug-likeness (QED) is 0.433. The summed E-state index contributed by atoms with van der Waals surface area (Å²) < 4.78 is 29.7. The number of hydrogen-bond acceptors (Lipinski definition) is 4. The van der Waals surface area contributed by atoms with Crippen molar-refractivity contribution in [3.63, 3.8) is 0 Å². The summed E-state index contributed by atoms with van der Waals surface area (Å²) in [6, 6.07) is 11.4. The number of rotatable bonds is 10. The molecule has 0 unspecified atom stereocenters. The van der Waals surface area contributed by atoms with Crippen LogP contribution in [0.1, 0.15) is 17.5 Å². The number of amides is 1. The Labute approximate surface area is 198 Å². The first-order valence-electron chi connectivity index (χ1n) is 9.99. The number of nitrogens with zero attached hydrogens (tertiary/aromatic N) is 3. The molecule has 1 N–H and O–H groups in total. The minimum absolute atomic E-state index is 0.0965. The molecule has 0 aliphatic carbocycles. The maximum Gasteiger partial charge on any atom is 0.243 e. The summed E-state index contributed by atoms with van der Waals surface area (Å²) in [4.78, 5) is 16.7. The average Bonchev–Trinajstić information content (AvgIpc) is 3.27. The van der Waals surface area contributed by atoms with Crippen molar-refractivity contribution in [2.24, 2.45) is 0 Å². The van der Waals surface area contributed by atoms with E-state index in [1.165, 1.54) is 12.1 Å². The summed E-state index contributed by atoms with van der Waals surface area (Å²) in [5.41, 5.74) is 1.37. The molecule has 0 aliphatic heterocycles. The zero-order valence-electron chi connectivity index (χ0n) is 17.5. The SMILES string of the molecule is Cc1ccc(S(=O)(=O)N(CC(=O)NCCCn2ccnc2)Cc2c(Cl)cccc2Cl)cc1. The van der Waals surface area contributed by atoms with Crippen LogP contribution in [0, 0.1) is 6.92 Å². The molecule has 0 bridgehead atoms. The summed E-state index contributed by atoms with van der Waals surface area (Å²) in [6.07, 6.45) is 5.91. The molecule has 32 heavy (non-hydrogen) atoms. The number of halogens is 2. The summed E-state index contributed by atoms with van der Waals surface area (Å²) in [5, 5.41) is 3.45. The molecule has 0 atom stereocenters. The van der Waals surface area contributed by atoms with Gasteiger partial charge in [-0.2, -0.15) is 4.31 Å². The number of carbonyl (C=O) groups excluding carboxylic acids is 1. The van der Waals surface area contributed by atoms with E-state index in [1.54, 1.807) is 42.9 Å². The Bertz CT molecular complexity index is 1130. The second kappa shape index (κ2) is 11.0. The fourth-order valence-corrected chi connectivity index (χ4v) is 4.95. The maximum atomic E-state index is 13.3. The minimum atomic E-state index is -3.97. The minimum Gasteiger partial charge on any atom is -0.355 e. The lowest BCUT2D eigenvalue weighted by molar-refractivity contribution is -0.121. The molecule has 0 radical (unpaired) electrons. The van der Waals surface area contributed by atoms with E-state index in [9.17, 15) is 13.2 Å². The highest BCUT2D eigenvalue weighted by Crippen LogP contribution is 2.28. The fourth-order valence-electron chi connectivity index (χ4n) is 3.07. The fraction of sp³-hybridized carbons (Fsp3) is 0.273. The molecule has 7 nitrogen and oxygen atoms in total. The molecule has 0 fully saturated rings. The Morgan fingerprint density at radius 2 is 1.81 bits per heavy atom. The monoisotopic (exact) mass is 494 g/mol. The number of hydrogen-bond donors (Lipinski definition) is 1. The number of sulfonamides is 1. The largest absolute Gasteiger partial charge is 0.355 e. The van der Waals surface area contributed by atoms with Crippen molar-refractivity contribution in [3.05, 3.63) is 82.4 Å². The van der Waals surface area contributed by atoms with Crippen molar-refractivity contribution in [3.8, 4) is 0 Å². The van der Waals surface area contributed by atoms with Gasteiger partial charge >= 0.3 is 0 Å². The smallest absolute Gasteiger partial charge is 0.243 e. The molecule has 0 saturated heterocycles. The molecule has 3 aromatic rings. The van der Waals surface area contributed by atoms with E-state index in [-0.39, 0.29) is 18.0 Å². The Balaban J connectivity index is 1.75. The van der Waals surface area contributed by atoms with Crippen LogP contribution in [0.5, 0.6) is 0 Å². The highest BCUT2D eigenvalue weighted by atomic mass is 35.5. The summed E-state index contributed by atoms with van der Waals surface area (Å²) >= 11 is 12.5. The van der Waals surface area contributed by atoms with Crippen LogP contribution in [0.3, 0.4) is 0 Å². The molecule has 1 amide bonds. The van der Waals surface area contributed by atoms with Gasteiger partial charge in [0.1, 0.15) is 0 Å². The third-order valence-corrected chi connectivity index (χ3v) is 7.36. The lowest BCUT2D eigenvalue weighted by atomic mass is 10.2. The van der Waals surface area contributed by atoms with Gasteiger partial charge in [-0.1, -0.05) is 47.0 Å². The van der Waals surface area contributed by atoms with Crippen LogP contribution < -0.4 is 5.32 Å². The molecular weight excluding hydrogens is 471 g/mol. The van der Waals surface area contributed by atoms with Crippen LogP contribution >= 0.6 is 23.2 Å². The third kappa shape index (κ3) is 6.32. The second-order valence-corrected chi connectivity index (χ2v) is 10.0. The van der Waals surface area contributed by atoms with Crippen molar-refractivity contribution in [1.29, 1.82) is 0 Å². The van der Waals surface area contributed by atoms with Gasteiger partial charge in [-0.25, -0.2) is 13.4 Å². The van der Waals surface area contributed by atoms with Crippen LogP contribution in [-0.2, 0) is 27.9 Å².